The first-order valence-electron chi connectivity index (χ1n) is 11.3. The molecule has 1 amide bonds. The average molecular weight is 433 g/mol. The standard InChI is InChI=1S/C26H32N4O2/c1-18-5-7-19(8-6-18)17-30-23(27-28-25(30)32)20-13-15-29(16-14-20)24(31)21-9-11-22(12-10-21)26(2,3)4/h5-12,20H,13-17H2,1-4H3,(H,28,32). The molecule has 1 saturated heterocycles. The molecule has 6 nitrogen and oxygen atoms in total. The van der Waals surface area contributed by atoms with Crippen LogP contribution in [-0.2, 0) is 12.0 Å². The Kier molecular flexibility index (Phi) is 6.04. The molecule has 0 radical (unpaired) electrons. The third-order valence-electron chi connectivity index (χ3n) is 6.39. The summed E-state index contributed by atoms with van der Waals surface area (Å²) in [6.07, 6.45) is 1.59. The van der Waals surface area contributed by atoms with Gasteiger partial charge in [0.25, 0.3) is 5.91 Å². The van der Waals surface area contributed by atoms with E-state index in [-0.39, 0.29) is 22.9 Å². The molecule has 4 rings (SSSR count). The Bertz CT molecular complexity index is 1130. The van der Waals surface area contributed by atoms with E-state index in [1.165, 1.54) is 11.1 Å². The highest BCUT2D eigenvalue weighted by Crippen LogP contribution is 2.28. The van der Waals surface area contributed by atoms with Gasteiger partial charge in [0, 0.05) is 24.6 Å². The zero-order valence-corrected chi connectivity index (χ0v) is 19.4. The fourth-order valence-corrected chi connectivity index (χ4v) is 4.31. The lowest BCUT2D eigenvalue weighted by Crippen LogP contribution is -2.38. The number of hydrogen-bond donors (Lipinski definition) is 1. The molecular formula is C26H32N4O2. The molecule has 2 aromatic carbocycles. The van der Waals surface area contributed by atoms with Crippen molar-refractivity contribution in [2.24, 2.45) is 0 Å². The van der Waals surface area contributed by atoms with Gasteiger partial charge in [-0.25, -0.2) is 9.89 Å². The number of hydrogen-bond acceptors (Lipinski definition) is 3. The van der Waals surface area contributed by atoms with Crippen LogP contribution >= 0.6 is 0 Å². The van der Waals surface area contributed by atoms with E-state index < -0.39 is 0 Å². The maximum atomic E-state index is 13.0. The van der Waals surface area contributed by atoms with Crippen LogP contribution in [0.25, 0.3) is 0 Å². The minimum absolute atomic E-state index is 0.0673. The Morgan fingerprint density at radius 3 is 2.25 bits per heavy atom. The van der Waals surface area contributed by atoms with Crippen LogP contribution in [0.5, 0.6) is 0 Å². The molecule has 0 spiro atoms. The third-order valence-corrected chi connectivity index (χ3v) is 6.39. The lowest BCUT2D eigenvalue weighted by molar-refractivity contribution is 0.0710. The maximum Gasteiger partial charge on any atom is 0.343 e. The monoisotopic (exact) mass is 432 g/mol. The zero-order chi connectivity index (χ0) is 22.9. The molecule has 1 N–H and O–H groups in total. The van der Waals surface area contributed by atoms with Crippen LogP contribution in [0, 0.1) is 6.92 Å². The predicted octanol–water partition coefficient (Wildman–Crippen LogP) is 4.25. The SMILES string of the molecule is Cc1ccc(Cn2c(C3CCN(C(=O)c4ccc(C(C)(C)C)cc4)CC3)n[nH]c2=O)cc1. The fraction of sp³-hybridized carbons (Fsp3) is 0.423. The number of aromatic nitrogens is 3. The molecule has 3 aromatic rings. The Morgan fingerprint density at radius 2 is 1.66 bits per heavy atom. The summed E-state index contributed by atoms with van der Waals surface area (Å²) in [6.45, 7) is 10.4. The van der Waals surface area contributed by atoms with Crippen molar-refractivity contribution in [3.8, 4) is 0 Å². The van der Waals surface area contributed by atoms with Gasteiger partial charge in [0.2, 0.25) is 0 Å². The predicted molar refractivity (Wildman–Crippen MR) is 126 cm³/mol. The van der Waals surface area contributed by atoms with Gasteiger partial charge in [-0.1, -0.05) is 62.7 Å². The molecule has 0 bridgehead atoms. The number of likely N-dealkylation sites (tertiary alicyclic amines) is 1. The van der Waals surface area contributed by atoms with Crippen LogP contribution in [0.15, 0.2) is 53.3 Å². The van der Waals surface area contributed by atoms with E-state index in [0.29, 0.717) is 19.6 Å². The van der Waals surface area contributed by atoms with Crippen molar-refractivity contribution in [3.63, 3.8) is 0 Å². The molecule has 0 aliphatic carbocycles. The van der Waals surface area contributed by atoms with Crippen molar-refractivity contribution in [3.05, 3.63) is 87.1 Å². The Hall–Kier alpha value is -3.15. The van der Waals surface area contributed by atoms with Gasteiger partial charge in [-0.2, -0.15) is 5.10 Å². The van der Waals surface area contributed by atoms with Crippen molar-refractivity contribution in [2.45, 2.75) is 58.4 Å². The van der Waals surface area contributed by atoms with E-state index in [2.05, 4.69) is 43.1 Å². The molecular weight excluding hydrogens is 400 g/mol. The Labute approximate surface area is 189 Å². The van der Waals surface area contributed by atoms with Crippen LogP contribution in [0.2, 0.25) is 0 Å². The maximum absolute atomic E-state index is 13.0. The highest BCUT2D eigenvalue weighted by atomic mass is 16.2. The number of benzene rings is 2. The van der Waals surface area contributed by atoms with Gasteiger partial charge in [-0.15, -0.1) is 0 Å². The number of nitrogens with one attached hydrogen (secondary N) is 1. The quantitative estimate of drug-likeness (QED) is 0.670. The summed E-state index contributed by atoms with van der Waals surface area (Å²) >= 11 is 0. The number of H-pyrrole nitrogens is 1. The second-order valence-electron chi connectivity index (χ2n) is 9.85. The average Bonchev–Trinajstić information content (AvgIpc) is 3.14. The van der Waals surface area contributed by atoms with E-state index >= 15 is 0 Å². The lowest BCUT2D eigenvalue weighted by Gasteiger charge is -2.32. The molecule has 0 unspecified atom stereocenters. The van der Waals surface area contributed by atoms with Crippen LogP contribution in [0.4, 0.5) is 0 Å². The van der Waals surface area contributed by atoms with Crippen LogP contribution in [0.1, 0.15) is 72.4 Å². The largest absolute Gasteiger partial charge is 0.343 e. The second-order valence-corrected chi connectivity index (χ2v) is 9.85. The van der Waals surface area contributed by atoms with E-state index in [4.69, 9.17) is 0 Å². The van der Waals surface area contributed by atoms with Crippen LogP contribution < -0.4 is 5.69 Å². The smallest absolute Gasteiger partial charge is 0.339 e. The van der Waals surface area contributed by atoms with Gasteiger partial charge in [-0.3, -0.25) is 9.36 Å². The first-order chi connectivity index (χ1) is 15.2. The number of carbonyl (C=O) groups is 1. The lowest BCUT2D eigenvalue weighted by atomic mass is 9.86. The Morgan fingerprint density at radius 1 is 1.03 bits per heavy atom. The van der Waals surface area contributed by atoms with Gasteiger partial charge in [0.15, 0.2) is 0 Å². The number of nitrogens with zero attached hydrogens (tertiary/aromatic N) is 3. The number of piperidine rings is 1. The number of rotatable bonds is 4. The summed E-state index contributed by atoms with van der Waals surface area (Å²) in [4.78, 5) is 27.3. The normalized spacial score (nSPS) is 15.2. The molecule has 1 aliphatic rings. The molecule has 2 heterocycles. The van der Waals surface area contributed by atoms with Crippen molar-refractivity contribution in [1.82, 2.24) is 19.7 Å². The molecule has 1 fully saturated rings. The summed E-state index contributed by atoms with van der Waals surface area (Å²) in [5.74, 6) is 1.02. The minimum atomic E-state index is -0.182. The van der Waals surface area contributed by atoms with Crippen molar-refractivity contribution in [2.75, 3.05) is 13.1 Å². The number of aromatic amines is 1. The summed E-state index contributed by atoms with van der Waals surface area (Å²) in [6, 6.07) is 16.2. The number of amides is 1. The van der Waals surface area contributed by atoms with Crippen molar-refractivity contribution < 1.29 is 4.79 Å². The molecule has 168 valence electrons. The highest BCUT2D eigenvalue weighted by molar-refractivity contribution is 5.94. The third kappa shape index (κ3) is 4.69. The van der Waals surface area contributed by atoms with E-state index in [1.807, 2.05) is 48.2 Å². The molecule has 1 aromatic heterocycles. The second kappa shape index (κ2) is 8.77. The fourth-order valence-electron chi connectivity index (χ4n) is 4.31. The molecule has 0 saturated carbocycles. The summed E-state index contributed by atoms with van der Waals surface area (Å²) in [5, 5.41) is 6.96. The van der Waals surface area contributed by atoms with E-state index in [0.717, 1.165) is 29.8 Å². The minimum Gasteiger partial charge on any atom is -0.339 e. The van der Waals surface area contributed by atoms with Gasteiger partial charge in [-0.05, 0) is 48.4 Å². The molecule has 6 heteroatoms. The van der Waals surface area contributed by atoms with Crippen molar-refractivity contribution in [1.29, 1.82) is 0 Å². The topological polar surface area (TPSA) is 71.0 Å². The molecule has 32 heavy (non-hydrogen) atoms. The Balaban J connectivity index is 1.42. The highest BCUT2D eigenvalue weighted by Gasteiger charge is 2.28. The number of carbonyl (C=O) groups excluding carboxylic acids is 1. The molecule has 1 aliphatic heterocycles. The zero-order valence-electron chi connectivity index (χ0n) is 19.4. The summed E-state index contributed by atoms with van der Waals surface area (Å²) in [5.41, 5.74) is 4.10. The first kappa shape index (κ1) is 22.1. The van der Waals surface area contributed by atoms with Gasteiger partial charge < -0.3 is 4.90 Å². The van der Waals surface area contributed by atoms with E-state index in [9.17, 15) is 9.59 Å². The van der Waals surface area contributed by atoms with Gasteiger partial charge >= 0.3 is 5.69 Å². The van der Waals surface area contributed by atoms with Crippen LogP contribution in [0.3, 0.4) is 0 Å². The van der Waals surface area contributed by atoms with Gasteiger partial charge in [0.1, 0.15) is 5.82 Å². The van der Waals surface area contributed by atoms with Crippen molar-refractivity contribution >= 4 is 5.91 Å². The number of aryl methyl sites for hydroxylation is 1. The summed E-state index contributed by atoms with van der Waals surface area (Å²) < 4.78 is 1.73. The molecule has 0 atom stereocenters. The van der Waals surface area contributed by atoms with Gasteiger partial charge in [0.05, 0.1) is 6.54 Å². The summed E-state index contributed by atoms with van der Waals surface area (Å²) in [7, 11) is 0. The van der Waals surface area contributed by atoms with E-state index in [1.54, 1.807) is 4.57 Å². The van der Waals surface area contributed by atoms with Crippen LogP contribution in [-0.4, -0.2) is 38.7 Å². The first-order valence-corrected chi connectivity index (χ1v) is 11.3.